The van der Waals surface area contributed by atoms with Gasteiger partial charge in [-0.25, -0.2) is 0 Å². The second kappa shape index (κ2) is 6.63. The number of carbonyl (C=O) groups excluding carboxylic acids is 1. The van der Waals surface area contributed by atoms with Crippen molar-refractivity contribution >= 4 is 22.5 Å². The summed E-state index contributed by atoms with van der Waals surface area (Å²) in [6.07, 6.45) is 3.26. The van der Waals surface area contributed by atoms with E-state index in [0.717, 1.165) is 19.3 Å². The number of nitrogens with zero attached hydrogens (tertiary/aromatic N) is 1. The molecule has 0 aliphatic heterocycles. The number of benzene rings is 2. The van der Waals surface area contributed by atoms with Crippen LogP contribution in [0.5, 0.6) is 0 Å². The molecule has 0 bridgehead atoms. The zero-order valence-electron chi connectivity index (χ0n) is 14.2. The minimum absolute atomic E-state index is 0.0252. The summed E-state index contributed by atoms with van der Waals surface area (Å²) in [5.41, 5.74) is 3.37. The number of nitro benzene ring substituents is 1. The molecule has 0 saturated heterocycles. The zero-order valence-corrected chi connectivity index (χ0v) is 14.2. The highest BCUT2D eigenvalue weighted by atomic mass is 16.6. The first kappa shape index (κ1) is 16.3. The van der Waals surface area contributed by atoms with Crippen LogP contribution in [0.2, 0.25) is 0 Å². The molecule has 1 aromatic heterocycles. The Bertz CT molecular complexity index is 993. The lowest BCUT2D eigenvalue weighted by Gasteiger charge is -2.25. The number of rotatable bonds is 4. The molecule has 0 saturated carbocycles. The summed E-state index contributed by atoms with van der Waals surface area (Å²) < 4.78 is 0. The Labute approximate surface area is 150 Å². The average molecular weight is 349 g/mol. The molecule has 1 aliphatic carbocycles. The summed E-state index contributed by atoms with van der Waals surface area (Å²) in [5, 5.41) is 14.8. The van der Waals surface area contributed by atoms with Crippen LogP contribution in [0, 0.1) is 10.1 Å². The van der Waals surface area contributed by atoms with Gasteiger partial charge in [0.15, 0.2) is 0 Å². The quantitative estimate of drug-likeness (QED) is 0.552. The molecule has 4 rings (SSSR count). The highest BCUT2D eigenvalue weighted by Crippen LogP contribution is 2.31. The molecule has 0 spiro atoms. The number of aromatic amines is 1. The van der Waals surface area contributed by atoms with E-state index in [-0.39, 0.29) is 11.6 Å². The van der Waals surface area contributed by atoms with E-state index in [0.29, 0.717) is 29.1 Å². The molecule has 0 unspecified atom stereocenters. The third kappa shape index (κ3) is 2.94. The van der Waals surface area contributed by atoms with E-state index in [2.05, 4.69) is 28.5 Å². The van der Waals surface area contributed by atoms with E-state index in [4.69, 9.17) is 0 Å². The van der Waals surface area contributed by atoms with Crippen molar-refractivity contribution in [2.45, 2.75) is 25.2 Å². The van der Waals surface area contributed by atoms with Crippen LogP contribution < -0.4 is 5.32 Å². The van der Waals surface area contributed by atoms with Gasteiger partial charge in [-0.1, -0.05) is 36.4 Å². The first-order chi connectivity index (χ1) is 12.6. The molecular formula is C20H19N3O3. The van der Waals surface area contributed by atoms with Crippen LogP contribution in [-0.2, 0) is 6.42 Å². The van der Waals surface area contributed by atoms with Gasteiger partial charge in [0.2, 0.25) is 0 Å². The summed E-state index contributed by atoms with van der Waals surface area (Å²) in [7, 11) is 0. The molecule has 132 valence electrons. The first-order valence-corrected chi connectivity index (χ1v) is 8.75. The van der Waals surface area contributed by atoms with Crippen LogP contribution in [0.4, 0.5) is 5.69 Å². The lowest BCUT2D eigenvalue weighted by Crippen LogP contribution is -2.30. The molecular weight excluding hydrogens is 330 g/mol. The van der Waals surface area contributed by atoms with Gasteiger partial charge in [0.05, 0.1) is 4.92 Å². The lowest BCUT2D eigenvalue weighted by molar-refractivity contribution is -0.383. The number of hydrogen-bond donors (Lipinski definition) is 2. The molecule has 2 aromatic carbocycles. The maximum absolute atomic E-state index is 12.5. The van der Waals surface area contributed by atoms with E-state index in [9.17, 15) is 14.9 Å². The first-order valence-electron chi connectivity index (χ1n) is 8.75. The van der Waals surface area contributed by atoms with Crippen LogP contribution in [-0.4, -0.2) is 22.4 Å². The zero-order chi connectivity index (χ0) is 18.1. The molecule has 1 amide bonds. The highest BCUT2D eigenvalue weighted by Gasteiger charge is 2.21. The van der Waals surface area contributed by atoms with Gasteiger partial charge in [-0.2, -0.15) is 0 Å². The Morgan fingerprint density at radius 1 is 1.23 bits per heavy atom. The lowest BCUT2D eigenvalue weighted by atomic mass is 9.83. The SMILES string of the molecule is O=C(NC[C@@H]1CCCc2ccccc21)c1cc2cccc([N+](=O)[O-])c2[nH]1. The molecule has 0 fully saturated rings. The number of fused-ring (bicyclic) bond motifs is 2. The van der Waals surface area contributed by atoms with Crippen LogP contribution in [0.1, 0.15) is 40.4 Å². The van der Waals surface area contributed by atoms with Crippen LogP contribution in [0.15, 0.2) is 48.5 Å². The summed E-state index contributed by atoms with van der Waals surface area (Å²) in [5.74, 6) is 0.0705. The summed E-state index contributed by atoms with van der Waals surface area (Å²) in [6, 6.07) is 14.8. The Balaban J connectivity index is 1.52. The molecule has 1 aliphatic rings. The molecule has 1 atom stereocenters. The Morgan fingerprint density at radius 2 is 2.08 bits per heavy atom. The van der Waals surface area contributed by atoms with Crippen molar-refractivity contribution in [2.75, 3.05) is 6.54 Å². The largest absolute Gasteiger partial charge is 0.350 e. The molecule has 1 heterocycles. The number of aromatic nitrogens is 1. The normalized spacial score (nSPS) is 16.2. The second-order valence-corrected chi connectivity index (χ2v) is 6.68. The maximum atomic E-state index is 12.5. The predicted molar refractivity (Wildman–Crippen MR) is 99.4 cm³/mol. The third-order valence-corrected chi connectivity index (χ3v) is 5.08. The van der Waals surface area contributed by atoms with Gasteiger partial charge in [-0.15, -0.1) is 0 Å². The summed E-state index contributed by atoms with van der Waals surface area (Å²) >= 11 is 0. The van der Waals surface area contributed by atoms with Gasteiger partial charge >= 0.3 is 0 Å². The minimum Gasteiger partial charge on any atom is -0.350 e. The number of hydrogen-bond acceptors (Lipinski definition) is 3. The minimum atomic E-state index is -0.445. The van der Waals surface area contributed by atoms with Crippen molar-refractivity contribution in [1.82, 2.24) is 10.3 Å². The number of para-hydroxylation sites is 1. The Hall–Kier alpha value is -3.15. The monoisotopic (exact) mass is 349 g/mol. The van der Waals surface area contributed by atoms with Gasteiger partial charge in [-0.3, -0.25) is 14.9 Å². The topological polar surface area (TPSA) is 88.0 Å². The second-order valence-electron chi connectivity index (χ2n) is 6.68. The van der Waals surface area contributed by atoms with Crippen molar-refractivity contribution < 1.29 is 9.72 Å². The third-order valence-electron chi connectivity index (χ3n) is 5.08. The smallest absolute Gasteiger partial charge is 0.293 e. The van der Waals surface area contributed by atoms with E-state index in [1.165, 1.54) is 17.2 Å². The number of H-pyrrole nitrogens is 1. The van der Waals surface area contributed by atoms with E-state index in [1.807, 2.05) is 6.07 Å². The van der Waals surface area contributed by atoms with Gasteiger partial charge < -0.3 is 10.3 Å². The molecule has 2 N–H and O–H groups in total. The van der Waals surface area contributed by atoms with Crippen molar-refractivity contribution in [2.24, 2.45) is 0 Å². The number of aryl methyl sites for hydroxylation is 1. The van der Waals surface area contributed by atoms with Crippen LogP contribution >= 0.6 is 0 Å². The Kier molecular flexibility index (Phi) is 4.16. The summed E-state index contributed by atoms with van der Waals surface area (Å²) in [6.45, 7) is 0.563. The fraction of sp³-hybridized carbons (Fsp3) is 0.250. The number of amides is 1. The number of nitro groups is 1. The molecule has 3 aromatic rings. The van der Waals surface area contributed by atoms with Gasteiger partial charge in [0, 0.05) is 23.9 Å². The molecule has 6 nitrogen and oxygen atoms in total. The number of carbonyl (C=O) groups is 1. The van der Waals surface area contributed by atoms with E-state index >= 15 is 0 Å². The van der Waals surface area contributed by atoms with Gasteiger partial charge in [0.1, 0.15) is 11.2 Å². The van der Waals surface area contributed by atoms with E-state index < -0.39 is 4.92 Å². The van der Waals surface area contributed by atoms with Crippen molar-refractivity contribution in [3.63, 3.8) is 0 Å². The van der Waals surface area contributed by atoms with E-state index in [1.54, 1.807) is 18.2 Å². The molecule has 6 heteroatoms. The van der Waals surface area contributed by atoms with Gasteiger partial charge in [-0.05, 0) is 36.5 Å². The van der Waals surface area contributed by atoms with Crippen molar-refractivity contribution in [3.8, 4) is 0 Å². The number of non-ortho nitro benzene ring substituents is 1. The molecule has 26 heavy (non-hydrogen) atoms. The summed E-state index contributed by atoms with van der Waals surface area (Å²) in [4.78, 5) is 26.1. The standard InChI is InChI=1S/C20H19N3O3/c24-20(17-11-14-7-4-10-18(23(25)26)19(14)22-17)21-12-15-8-3-6-13-5-1-2-9-16(13)15/h1-2,4-5,7,9-11,15,22H,3,6,8,12H2,(H,21,24)/t15-/m0/s1. The Morgan fingerprint density at radius 3 is 2.92 bits per heavy atom. The van der Waals surface area contributed by atoms with Crippen LogP contribution in [0.25, 0.3) is 10.9 Å². The van der Waals surface area contributed by atoms with Crippen molar-refractivity contribution in [3.05, 3.63) is 75.5 Å². The van der Waals surface area contributed by atoms with Crippen molar-refractivity contribution in [1.29, 1.82) is 0 Å². The average Bonchev–Trinajstić information content (AvgIpc) is 3.10. The fourth-order valence-corrected chi connectivity index (χ4v) is 3.79. The number of nitrogens with one attached hydrogen (secondary N) is 2. The molecule has 0 radical (unpaired) electrons. The maximum Gasteiger partial charge on any atom is 0.293 e. The highest BCUT2D eigenvalue weighted by molar-refractivity contribution is 6.00. The fourth-order valence-electron chi connectivity index (χ4n) is 3.79. The van der Waals surface area contributed by atoms with Crippen LogP contribution in [0.3, 0.4) is 0 Å². The van der Waals surface area contributed by atoms with Gasteiger partial charge in [0.25, 0.3) is 11.6 Å². The predicted octanol–water partition coefficient (Wildman–Crippen LogP) is 3.93.